The fourth-order valence-electron chi connectivity index (χ4n) is 4.37. The molecule has 0 saturated carbocycles. The third kappa shape index (κ3) is 5.58. The minimum Gasteiger partial charge on any atom is -0.454 e. The molecule has 1 heterocycles. The first kappa shape index (κ1) is 24.6. The van der Waals surface area contributed by atoms with Gasteiger partial charge in [-0.3, -0.25) is 9.59 Å². The van der Waals surface area contributed by atoms with Crippen molar-refractivity contribution in [2.24, 2.45) is 0 Å². The van der Waals surface area contributed by atoms with Gasteiger partial charge in [-0.15, -0.1) is 11.8 Å². The number of rotatable bonds is 7. The summed E-state index contributed by atoms with van der Waals surface area (Å²) in [5.41, 5.74) is 2.79. The summed E-state index contributed by atoms with van der Waals surface area (Å²) in [6.07, 6.45) is 0. The lowest BCUT2D eigenvalue weighted by atomic mass is 10.1. The normalized spacial score (nSPS) is 12.6. The summed E-state index contributed by atoms with van der Waals surface area (Å²) in [6.45, 7) is 0.175. The van der Waals surface area contributed by atoms with Crippen LogP contribution < -0.4 is 20.1 Å². The second kappa shape index (κ2) is 10.9. The smallest absolute Gasteiger partial charge is 0.255 e. The molecule has 0 aromatic heterocycles. The summed E-state index contributed by atoms with van der Waals surface area (Å²) >= 11 is 1.44. The first-order valence-electron chi connectivity index (χ1n) is 12.4. The molecule has 6 rings (SSSR count). The van der Waals surface area contributed by atoms with Gasteiger partial charge in [0.1, 0.15) is 5.25 Å². The van der Waals surface area contributed by atoms with Crippen molar-refractivity contribution >= 4 is 45.7 Å². The van der Waals surface area contributed by atoms with Crippen LogP contribution in [0, 0.1) is 0 Å². The zero-order chi connectivity index (χ0) is 26.6. The van der Waals surface area contributed by atoms with E-state index in [0.717, 1.165) is 21.2 Å². The fourth-order valence-corrected chi connectivity index (χ4v) is 5.39. The predicted molar refractivity (Wildman–Crippen MR) is 155 cm³/mol. The second-order valence-corrected chi connectivity index (χ2v) is 10.2. The molecule has 1 unspecified atom stereocenters. The van der Waals surface area contributed by atoms with Crippen LogP contribution in [0.3, 0.4) is 0 Å². The lowest BCUT2D eigenvalue weighted by Crippen LogP contribution is -2.19. The van der Waals surface area contributed by atoms with E-state index in [1.165, 1.54) is 11.8 Å². The molecule has 39 heavy (non-hydrogen) atoms. The van der Waals surface area contributed by atoms with Crippen LogP contribution in [0.1, 0.15) is 21.2 Å². The first-order chi connectivity index (χ1) is 19.1. The Morgan fingerprint density at radius 2 is 1.38 bits per heavy atom. The molecule has 1 atom stereocenters. The molecule has 0 spiro atoms. The van der Waals surface area contributed by atoms with Gasteiger partial charge in [-0.2, -0.15) is 0 Å². The number of thioether (sulfide) groups is 1. The van der Waals surface area contributed by atoms with Crippen molar-refractivity contribution in [1.82, 2.24) is 0 Å². The lowest BCUT2D eigenvalue weighted by Gasteiger charge is -2.17. The van der Waals surface area contributed by atoms with E-state index < -0.39 is 5.25 Å². The van der Waals surface area contributed by atoms with Gasteiger partial charge in [0.25, 0.3) is 5.91 Å². The van der Waals surface area contributed by atoms with Crippen LogP contribution in [-0.2, 0) is 4.79 Å². The molecule has 1 aliphatic heterocycles. The van der Waals surface area contributed by atoms with Gasteiger partial charge in [-0.1, -0.05) is 60.7 Å². The molecule has 1 aliphatic rings. The highest BCUT2D eigenvalue weighted by atomic mass is 32.2. The van der Waals surface area contributed by atoms with E-state index >= 15 is 0 Å². The molecule has 5 aromatic carbocycles. The molecule has 6 nitrogen and oxygen atoms in total. The van der Waals surface area contributed by atoms with Gasteiger partial charge in [-0.05, 0) is 64.9 Å². The number of hydrogen-bond donors (Lipinski definition) is 2. The highest BCUT2D eigenvalue weighted by molar-refractivity contribution is 8.00. The number of fused-ring (bicyclic) bond motifs is 2. The van der Waals surface area contributed by atoms with E-state index in [1.54, 1.807) is 18.2 Å². The lowest BCUT2D eigenvalue weighted by molar-refractivity contribution is -0.115. The largest absolute Gasteiger partial charge is 0.454 e. The Balaban J connectivity index is 1.16. The number of nitrogens with one attached hydrogen (secondary N) is 2. The maximum Gasteiger partial charge on any atom is 0.255 e. The maximum atomic E-state index is 13.4. The van der Waals surface area contributed by atoms with Gasteiger partial charge in [0.05, 0.1) is 0 Å². The van der Waals surface area contributed by atoms with Crippen LogP contribution >= 0.6 is 11.8 Å². The van der Waals surface area contributed by atoms with Crippen molar-refractivity contribution in [2.75, 3.05) is 17.4 Å². The zero-order valence-corrected chi connectivity index (χ0v) is 21.6. The Kier molecular flexibility index (Phi) is 6.89. The van der Waals surface area contributed by atoms with Crippen LogP contribution in [0.4, 0.5) is 11.4 Å². The first-order valence-corrected chi connectivity index (χ1v) is 13.3. The van der Waals surface area contributed by atoms with Gasteiger partial charge in [0.15, 0.2) is 11.5 Å². The molecule has 5 aromatic rings. The number of carbonyl (C=O) groups is 2. The van der Waals surface area contributed by atoms with E-state index in [0.29, 0.717) is 28.4 Å². The predicted octanol–water partition coefficient (Wildman–Crippen LogP) is 7.29. The molecule has 192 valence electrons. The van der Waals surface area contributed by atoms with Gasteiger partial charge in [0.2, 0.25) is 12.7 Å². The van der Waals surface area contributed by atoms with E-state index in [2.05, 4.69) is 10.6 Å². The second-order valence-electron chi connectivity index (χ2n) is 9.01. The van der Waals surface area contributed by atoms with Crippen molar-refractivity contribution in [3.8, 4) is 11.5 Å². The number of ether oxygens (including phenoxy) is 2. The van der Waals surface area contributed by atoms with Gasteiger partial charge in [0, 0.05) is 27.9 Å². The Labute approximate surface area is 230 Å². The quantitative estimate of drug-likeness (QED) is 0.215. The monoisotopic (exact) mass is 532 g/mol. The summed E-state index contributed by atoms with van der Waals surface area (Å²) in [5.74, 6) is 0.943. The third-order valence-corrected chi connectivity index (χ3v) is 7.62. The summed E-state index contributed by atoms with van der Waals surface area (Å²) in [4.78, 5) is 27.2. The Morgan fingerprint density at radius 3 is 2.21 bits per heavy atom. The zero-order valence-electron chi connectivity index (χ0n) is 20.8. The molecule has 2 amide bonds. The van der Waals surface area contributed by atoms with Crippen molar-refractivity contribution in [3.63, 3.8) is 0 Å². The molecule has 0 aliphatic carbocycles. The van der Waals surface area contributed by atoms with Crippen LogP contribution in [-0.4, -0.2) is 18.6 Å². The topological polar surface area (TPSA) is 76.7 Å². The number of amides is 2. The number of benzene rings is 5. The third-order valence-electron chi connectivity index (χ3n) is 6.36. The summed E-state index contributed by atoms with van der Waals surface area (Å²) < 4.78 is 10.8. The molecule has 0 radical (unpaired) electrons. The SMILES string of the molecule is O=C(Nc1ccc(SC(C(=O)Nc2ccc3c(c2)OCO3)c2ccccc2)cc1)c1ccc2ccccc2c1. The van der Waals surface area contributed by atoms with Crippen molar-refractivity contribution in [3.05, 3.63) is 126 Å². The fraction of sp³-hybridized carbons (Fsp3) is 0.0625. The van der Waals surface area contributed by atoms with E-state index in [-0.39, 0.29) is 18.6 Å². The minimum atomic E-state index is -0.491. The average Bonchev–Trinajstić information content (AvgIpc) is 3.45. The molecule has 0 fully saturated rings. The van der Waals surface area contributed by atoms with Gasteiger partial charge >= 0.3 is 0 Å². The highest BCUT2D eigenvalue weighted by Crippen LogP contribution is 2.38. The van der Waals surface area contributed by atoms with Gasteiger partial charge < -0.3 is 20.1 Å². The molecule has 0 saturated heterocycles. The Bertz CT molecular complexity index is 1650. The summed E-state index contributed by atoms with van der Waals surface area (Å²) in [5, 5.41) is 7.58. The number of hydrogen-bond acceptors (Lipinski definition) is 5. The van der Waals surface area contributed by atoms with Crippen LogP contribution in [0.15, 0.2) is 120 Å². The van der Waals surface area contributed by atoms with Crippen molar-refractivity contribution in [2.45, 2.75) is 10.1 Å². The summed E-state index contributed by atoms with van der Waals surface area (Å²) in [6, 6.07) is 36.1. The van der Waals surface area contributed by atoms with Crippen molar-refractivity contribution in [1.29, 1.82) is 0 Å². The number of anilines is 2. The minimum absolute atomic E-state index is 0.154. The van der Waals surface area contributed by atoms with E-state index in [1.807, 2.05) is 97.1 Å². The van der Waals surface area contributed by atoms with Gasteiger partial charge in [-0.25, -0.2) is 0 Å². The Morgan fingerprint density at radius 1 is 0.667 bits per heavy atom. The van der Waals surface area contributed by atoms with Crippen LogP contribution in [0.2, 0.25) is 0 Å². The molecular formula is C32H24N2O4S. The molecular weight excluding hydrogens is 508 g/mol. The van der Waals surface area contributed by atoms with Crippen molar-refractivity contribution < 1.29 is 19.1 Å². The van der Waals surface area contributed by atoms with E-state index in [4.69, 9.17) is 9.47 Å². The standard InChI is InChI=1S/C32H24N2O4S/c35-31(24-11-10-21-6-4-5-9-23(21)18-24)33-25-12-15-27(16-13-25)39-30(22-7-2-1-3-8-22)32(36)34-26-14-17-28-29(19-26)38-20-37-28/h1-19,30H,20H2,(H,33,35)(H,34,36). The molecule has 2 N–H and O–H groups in total. The van der Waals surface area contributed by atoms with Crippen LogP contribution in [0.25, 0.3) is 10.8 Å². The molecule has 7 heteroatoms. The maximum absolute atomic E-state index is 13.4. The highest BCUT2D eigenvalue weighted by Gasteiger charge is 2.23. The average molecular weight is 533 g/mol. The summed E-state index contributed by atoms with van der Waals surface area (Å²) in [7, 11) is 0. The van der Waals surface area contributed by atoms with E-state index in [9.17, 15) is 9.59 Å². The number of carbonyl (C=O) groups excluding carboxylic acids is 2. The Hall–Kier alpha value is -4.75. The van der Waals surface area contributed by atoms with Crippen LogP contribution in [0.5, 0.6) is 11.5 Å². The molecule has 0 bridgehead atoms.